The van der Waals surface area contributed by atoms with E-state index in [4.69, 9.17) is 35.7 Å². The van der Waals surface area contributed by atoms with Gasteiger partial charge in [-0.2, -0.15) is 0 Å². The van der Waals surface area contributed by atoms with E-state index < -0.39 is 13.9 Å². The Morgan fingerprint density at radius 1 is 0.818 bits per heavy atom. The van der Waals surface area contributed by atoms with E-state index in [0.29, 0.717) is 0 Å². The van der Waals surface area contributed by atoms with Crippen molar-refractivity contribution in [3.8, 4) is 0 Å². The summed E-state index contributed by atoms with van der Waals surface area (Å²) in [5.41, 5.74) is 0. The van der Waals surface area contributed by atoms with Gasteiger partial charge in [-0.15, -0.1) is 0 Å². The SMILES string of the molecule is CCCCCC.[Cl][Sn]([Cl])([Cl])[Cl]. The first-order valence-electron chi connectivity index (χ1n) is 3.67. The molecule has 0 saturated heterocycles. The van der Waals surface area contributed by atoms with Crippen molar-refractivity contribution in [2.45, 2.75) is 39.5 Å². The molecule has 0 nitrogen and oxygen atoms in total. The summed E-state index contributed by atoms with van der Waals surface area (Å²) < 4.78 is 0. The summed E-state index contributed by atoms with van der Waals surface area (Å²) in [6, 6.07) is 0. The first-order valence-corrected chi connectivity index (χ1v) is 18.1. The van der Waals surface area contributed by atoms with Crippen LogP contribution in [0.15, 0.2) is 0 Å². The Bertz CT molecular complexity index is 61.5. The quantitative estimate of drug-likeness (QED) is 0.500. The monoisotopic (exact) mass is 346 g/mol. The van der Waals surface area contributed by atoms with Crippen LogP contribution in [0.3, 0.4) is 0 Å². The molecule has 0 unspecified atom stereocenters. The van der Waals surface area contributed by atoms with Gasteiger partial charge in [-0.25, -0.2) is 0 Å². The van der Waals surface area contributed by atoms with Gasteiger partial charge in [0.25, 0.3) is 0 Å². The van der Waals surface area contributed by atoms with Gasteiger partial charge in [0.05, 0.1) is 0 Å². The average molecular weight is 347 g/mol. The van der Waals surface area contributed by atoms with Gasteiger partial charge in [0, 0.05) is 0 Å². The molecule has 0 spiro atoms. The van der Waals surface area contributed by atoms with Crippen molar-refractivity contribution in [2.75, 3.05) is 0 Å². The third kappa shape index (κ3) is 48.2. The normalized spacial score (nSPS) is 10.4. The number of hydrogen-bond acceptors (Lipinski definition) is 0. The number of halogens is 4. The van der Waals surface area contributed by atoms with E-state index in [-0.39, 0.29) is 0 Å². The van der Waals surface area contributed by atoms with Gasteiger partial charge in [0.15, 0.2) is 0 Å². The van der Waals surface area contributed by atoms with Crippen molar-refractivity contribution < 1.29 is 0 Å². The Morgan fingerprint density at radius 3 is 1.09 bits per heavy atom. The Morgan fingerprint density at radius 2 is 1.00 bits per heavy atom. The molecule has 0 saturated carbocycles. The third-order valence-corrected chi connectivity index (χ3v) is 0.957. The predicted octanol–water partition coefficient (Wildman–Crippen LogP) is 4.96. The fraction of sp³-hybridized carbons (Fsp3) is 1.00. The van der Waals surface area contributed by atoms with E-state index in [9.17, 15) is 0 Å². The average Bonchev–Trinajstić information content (AvgIpc) is 1.79. The standard InChI is InChI=1S/C6H14.4ClH.Sn/c1-3-5-6-4-2;;;;;/h3-6H2,1-2H3;4*1H;/q;;;;;+4/p-4. The van der Waals surface area contributed by atoms with Crippen LogP contribution in [0, 0.1) is 0 Å². The van der Waals surface area contributed by atoms with E-state index >= 15 is 0 Å². The first-order chi connectivity index (χ1) is 4.91. The molecule has 0 heterocycles. The first kappa shape index (κ1) is 15.4. The molecule has 11 heavy (non-hydrogen) atoms. The van der Waals surface area contributed by atoms with Crippen LogP contribution in [0.1, 0.15) is 39.5 Å². The zero-order valence-corrected chi connectivity index (χ0v) is 12.7. The maximum absolute atomic E-state index is 5.04. The van der Waals surface area contributed by atoms with Gasteiger partial charge < -0.3 is 0 Å². The Balaban J connectivity index is 0. The summed E-state index contributed by atoms with van der Waals surface area (Å²) in [4.78, 5) is 0. The van der Waals surface area contributed by atoms with Crippen molar-refractivity contribution in [1.29, 1.82) is 0 Å². The van der Waals surface area contributed by atoms with E-state index in [1.165, 1.54) is 25.7 Å². The van der Waals surface area contributed by atoms with Gasteiger partial charge in [-0.3, -0.25) is 0 Å². The van der Waals surface area contributed by atoms with Crippen LogP contribution in [0.25, 0.3) is 0 Å². The second-order valence-corrected chi connectivity index (χ2v) is 27.6. The van der Waals surface area contributed by atoms with Crippen molar-refractivity contribution in [3.05, 3.63) is 0 Å². The zero-order chi connectivity index (χ0) is 9.33. The molecule has 0 aliphatic carbocycles. The second kappa shape index (κ2) is 10.0. The Labute approximate surface area is 88.3 Å². The minimum atomic E-state index is -3.29. The van der Waals surface area contributed by atoms with Gasteiger partial charge in [-0.1, -0.05) is 39.5 Å². The van der Waals surface area contributed by atoms with Crippen LogP contribution in [0.2, 0.25) is 0 Å². The van der Waals surface area contributed by atoms with Crippen molar-refractivity contribution in [3.63, 3.8) is 0 Å². The van der Waals surface area contributed by atoms with Crippen molar-refractivity contribution >= 4 is 49.6 Å². The zero-order valence-electron chi connectivity index (χ0n) is 6.84. The molecule has 0 amide bonds. The van der Waals surface area contributed by atoms with Crippen LogP contribution in [0.4, 0.5) is 0 Å². The molecule has 0 aromatic carbocycles. The number of rotatable bonds is 3. The van der Waals surface area contributed by atoms with Crippen LogP contribution in [-0.2, 0) is 0 Å². The summed E-state index contributed by atoms with van der Waals surface area (Å²) in [6.45, 7) is 4.46. The Kier molecular flexibility index (Phi) is 14.1. The number of hydrogen-bond donors (Lipinski definition) is 0. The van der Waals surface area contributed by atoms with Gasteiger partial charge in [-0.05, 0) is 0 Å². The molecule has 0 fully saturated rings. The molecule has 0 rings (SSSR count). The van der Waals surface area contributed by atoms with Crippen LogP contribution < -0.4 is 0 Å². The molecule has 70 valence electrons. The summed E-state index contributed by atoms with van der Waals surface area (Å²) in [7, 11) is 20.1. The molecule has 0 aliphatic heterocycles. The topological polar surface area (TPSA) is 0 Å². The molecular formula is C6H14Cl4Sn. The van der Waals surface area contributed by atoms with Crippen LogP contribution in [0.5, 0.6) is 0 Å². The molecule has 0 aliphatic rings. The summed E-state index contributed by atoms with van der Waals surface area (Å²) in [5, 5.41) is 0. The van der Waals surface area contributed by atoms with Crippen LogP contribution >= 0.6 is 35.7 Å². The molecule has 0 aromatic rings. The maximum atomic E-state index is 5.04. The van der Waals surface area contributed by atoms with E-state index in [2.05, 4.69) is 13.8 Å². The molecule has 0 radical (unpaired) electrons. The third-order valence-electron chi connectivity index (χ3n) is 0.957. The van der Waals surface area contributed by atoms with Gasteiger partial charge in [0.2, 0.25) is 0 Å². The number of unbranched alkanes of at least 4 members (excludes halogenated alkanes) is 3. The molecule has 5 heteroatoms. The van der Waals surface area contributed by atoms with Gasteiger partial charge in [0.1, 0.15) is 0 Å². The molecule has 0 aromatic heterocycles. The molecule has 0 atom stereocenters. The summed E-state index contributed by atoms with van der Waals surface area (Å²) in [6.07, 6.45) is 5.54. The molecular weight excluding hydrogens is 333 g/mol. The second-order valence-electron chi connectivity index (χ2n) is 2.14. The van der Waals surface area contributed by atoms with E-state index in [0.717, 1.165) is 0 Å². The Hall–Kier alpha value is 1.96. The molecule has 0 bridgehead atoms. The summed E-state index contributed by atoms with van der Waals surface area (Å²) in [5.74, 6) is 0. The van der Waals surface area contributed by atoms with E-state index in [1.807, 2.05) is 0 Å². The fourth-order valence-corrected chi connectivity index (χ4v) is 0.500. The fourth-order valence-electron chi connectivity index (χ4n) is 0.500. The minimum absolute atomic E-state index is 1.36. The van der Waals surface area contributed by atoms with Crippen LogP contribution in [-0.4, -0.2) is 13.9 Å². The van der Waals surface area contributed by atoms with Crippen molar-refractivity contribution in [2.24, 2.45) is 0 Å². The van der Waals surface area contributed by atoms with E-state index in [1.54, 1.807) is 0 Å². The summed E-state index contributed by atoms with van der Waals surface area (Å²) >= 11 is -3.29. The predicted molar refractivity (Wildman–Crippen MR) is 59.0 cm³/mol. The molecule has 0 N–H and O–H groups in total. The van der Waals surface area contributed by atoms with Gasteiger partial charge >= 0.3 is 49.6 Å². The van der Waals surface area contributed by atoms with Crippen molar-refractivity contribution in [1.82, 2.24) is 0 Å².